The smallest absolute Gasteiger partial charge is 0.241 e. The molecule has 1 amide bonds. The average Bonchev–Trinajstić information content (AvgIpc) is 2.46. The minimum absolute atomic E-state index is 0.0133. The van der Waals surface area contributed by atoms with Gasteiger partial charge in [0.25, 0.3) is 0 Å². The number of hydrogen-bond donors (Lipinski definition) is 1. The molecular weight excluding hydrogens is 316 g/mol. The van der Waals surface area contributed by atoms with E-state index in [1.54, 1.807) is 4.90 Å². The number of carbonyl (C=O) groups is 1. The minimum atomic E-state index is -3.79. The molecule has 1 aromatic rings. The Bertz CT molecular complexity index is 600. The van der Waals surface area contributed by atoms with Crippen molar-refractivity contribution in [1.29, 1.82) is 0 Å². The van der Waals surface area contributed by atoms with Gasteiger partial charge in [-0.05, 0) is 32.0 Å². The van der Waals surface area contributed by atoms with Gasteiger partial charge in [0.15, 0.2) is 0 Å². The molecular formula is C13H19ClN2O4S. The Hall–Kier alpha value is -1.31. The second-order valence-corrected chi connectivity index (χ2v) is 6.36. The maximum absolute atomic E-state index is 12.1. The van der Waals surface area contributed by atoms with Crippen molar-refractivity contribution in [3.8, 4) is 5.75 Å². The van der Waals surface area contributed by atoms with Crippen LogP contribution in [0.25, 0.3) is 0 Å². The molecule has 0 fully saturated rings. The standard InChI is InChI=1S/C13H19ClN2O4S/c1-4-16(5-2)13(17)9-15-21(18,19)10-6-7-12(20-3)11(14)8-10/h6-8,15H,4-5,9H2,1-3H3. The van der Waals surface area contributed by atoms with Crippen LogP contribution in [-0.2, 0) is 14.8 Å². The summed E-state index contributed by atoms with van der Waals surface area (Å²) in [5.74, 6) is 0.109. The number of halogens is 1. The van der Waals surface area contributed by atoms with E-state index in [4.69, 9.17) is 16.3 Å². The average molecular weight is 335 g/mol. The molecule has 0 bridgehead atoms. The van der Waals surface area contributed by atoms with Crippen LogP contribution in [0.15, 0.2) is 23.1 Å². The molecule has 0 unspecified atom stereocenters. The Kier molecular flexibility index (Phi) is 6.44. The third-order valence-electron chi connectivity index (χ3n) is 2.96. The van der Waals surface area contributed by atoms with E-state index in [0.717, 1.165) is 0 Å². The van der Waals surface area contributed by atoms with Gasteiger partial charge in [0.2, 0.25) is 15.9 Å². The quantitative estimate of drug-likeness (QED) is 0.819. The van der Waals surface area contributed by atoms with Gasteiger partial charge in [-0.2, -0.15) is 0 Å². The molecule has 0 spiro atoms. The maximum atomic E-state index is 12.1. The van der Waals surface area contributed by atoms with Gasteiger partial charge in [0.05, 0.1) is 23.6 Å². The van der Waals surface area contributed by atoms with E-state index in [2.05, 4.69) is 4.72 Å². The van der Waals surface area contributed by atoms with Gasteiger partial charge in [0.1, 0.15) is 5.75 Å². The van der Waals surface area contributed by atoms with E-state index >= 15 is 0 Å². The number of likely N-dealkylation sites (N-methyl/N-ethyl adjacent to an activating group) is 1. The molecule has 0 atom stereocenters. The minimum Gasteiger partial charge on any atom is -0.495 e. The van der Waals surface area contributed by atoms with Crippen LogP contribution in [0.5, 0.6) is 5.75 Å². The zero-order valence-corrected chi connectivity index (χ0v) is 13.8. The number of nitrogens with one attached hydrogen (secondary N) is 1. The van der Waals surface area contributed by atoms with Gasteiger partial charge < -0.3 is 9.64 Å². The molecule has 21 heavy (non-hydrogen) atoms. The van der Waals surface area contributed by atoms with Crippen LogP contribution >= 0.6 is 11.6 Å². The topological polar surface area (TPSA) is 75.7 Å². The number of methoxy groups -OCH3 is 1. The largest absolute Gasteiger partial charge is 0.495 e. The number of rotatable bonds is 7. The first-order valence-corrected chi connectivity index (χ1v) is 8.32. The summed E-state index contributed by atoms with van der Waals surface area (Å²) in [7, 11) is -2.35. The molecule has 0 aliphatic rings. The fraction of sp³-hybridized carbons (Fsp3) is 0.462. The molecule has 0 radical (unpaired) electrons. The molecule has 1 rings (SSSR count). The zero-order valence-electron chi connectivity index (χ0n) is 12.2. The summed E-state index contributed by atoms with van der Waals surface area (Å²) in [6, 6.07) is 4.11. The van der Waals surface area contributed by atoms with Gasteiger partial charge in [-0.3, -0.25) is 4.79 Å². The molecule has 8 heteroatoms. The Labute approximate surface area is 130 Å². The highest BCUT2D eigenvalue weighted by Crippen LogP contribution is 2.26. The van der Waals surface area contributed by atoms with E-state index in [0.29, 0.717) is 18.8 Å². The van der Waals surface area contributed by atoms with E-state index in [-0.39, 0.29) is 22.4 Å². The number of nitrogens with zero attached hydrogens (tertiary/aromatic N) is 1. The van der Waals surface area contributed by atoms with Crippen LogP contribution in [0.4, 0.5) is 0 Å². The van der Waals surface area contributed by atoms with Crippen LogP contribution in [0.1, 0.15) is 13.8 Å². The molecule has 0 aromatic heterocycles. The predicted octanol–water partition coefficient (Wildman–Crippen LogP) is 1.50. The molecule has 0 heterocycles. The Morgan fingerprint density at radius 2 is 1.95 bits per heavy atom. The monoisotopic (exact) mass is 334 g/mol. The van der Waals surface area contributed by atoms with Crippen molar-refractivity contribution < 1.29 is 17.9 Å². The molecule has 1 aromatic carbocycles. The van der Waals surface area contributed by atoms with Gasteiger partial charge >= 0.3 is 0 Å². The van der Waals surface area contributed by atoms with E-state index in [1.165, 1.54) is 25.3 Å². The van der Waals surface area contributed by atoms with Crippen LogP contribution in [-0.4, -0.2) is 46.0 Å². The van der Waals surface area contributed by atoms with Gasteiger partial charge in [-0.25, -0.2) is 13.1 Å². The van der Waals surface area contributed by atoms with Crippen LogP contribution in [0, 0.1) is 0 Å². The highest BCUT2D eigenvalue weighted by Gasteiger charge is 2.18. The van der Waals surface area contributed by atoms with Crippen molar-refractivity contribution in [2.45, 2.75) is 18.7 Å². The molecule has 0 saturated carbocycles. The number of ether oxygens (including phenoxy) is 1. The van der Waals surface area contributed by atoms with E-state index in [1.807, 2.05) is 13.8 Å². The summed E-state index contributed by atoms with van der Waals surface area (Å²) >= 11 is 5.90. The van der Waals surface area contributed by atoms with Gasteiger partial charge in [-0.1, -0.05) is 11.6 Å². The summed E-state index contributed by atoms with van der Waals surface area (Å²) < 4.78 is 31.4. The SMILES string of the molecule is CCN(CC)C(=O)CNS(=O)(=O)c1ccc(OC)c(Cl)c1. The van der Waals surface area contributed by atoms with Gasteiger partial charge in [-0.15, -0.1) is 0 Å². The highest BCUT2D eigenvalue weighted by molar-refractivity contribution is 7.89. The summed E-state index contributed by atoms with van der Waals surface area (Å²) in [6.45, 7) is 4.45. The lowest BCUT2D eigenvalue weighted by molar-refractivity contribution is -0.129. The Morgan fingerprint density at radius 3 is 2.43 bits per heavy atom. The predicted molar refractivity (Wildman–Crippen MR) is 81.1 cm³/mol. The molecule has 6 nitrogen and oxygen atoms in total. The second kappa shape index (κ2) is 7.63. The first kappa shape index (κ1) is 17.7. The molecule has 1 N–H and O–H groups in total. The van der Waals surface area contributed by atoms with Crippen molar-refractivity contribution in [3.63, 3.8) is 0 Å². The fourth-order valence-corrected chi connectivity index (χ4v) is 3.07. The summed E-state index contributed by atoms with van der Waals surface area (Å²) in [5.41, 5.74) is 0. The normalized spacial score (nSPS) is 11.2. The highest BCUT2D eigenvalue weighted by atomic mass is 35.5. The lowest BCUT2D eigenvalue weighted by Gasteiger charge is -2.18. The first-order valence-electron chi connectivity index (χ1n) is 6.46. The summed E-state index contributed by atoms with van der Waals surface area (Å²) in [4.78, 5) is 13.3. The molecule has 0 aliphatic carbocycles. The number of amides is 1. The van der Waals surface area contributed by atoms with Gasteiger partial charge in [0, 0.05) is 13.1 Å². The fourth-order valence-electron chi connectivity index (χ4n) is 1.74. The zero-order chi connectivity index (χ0) is 16.0. The lowest BCUT2D eigenvalue weighted by atomic mass is 10.3. The van der Waals surface area contributed by atoms with E-state index < -0.39 is 10.0 Å². The maximum Gasteiger partial charge on any atom is 0.241 e. The number of sulfonamides is 1. The summed E-state index contributed by atoms with van der Waals surface area (Å²) in [6.07, 6.45) is 0. The molecule has 0 aliphatic heterocycles. The molecule has 0 saturated heterocycles. The van der Waals surface area contributed by atoms with E-state index in [9.17, 15) is 13.2 Å². The Morgan fingerprint density at radius 1 is 1.33 bits per heavy atom. The second-order valence-electron chi connectivity index (χ2n) is 4.19. The van der Waals surface area contributed by atoms with Crippen molar-refractivity contribution in [1.82, 2.24) is 9.62 Å². The van der Waals surface area contributed by atoms with Crippen LogP contribution in [0.3, 0.4) is 0 Å². The molecule has 118 valence electrons. The first-order chi connectivity index (χ1) is 9.85. The van der Waals surface area contributed by atoms with Crippen molar-refractivity contribution in [2.24, 2.45) is 0 Å². The van der Waals surface area contributed by atoms with Crippen molar-refractivity contribution in [2.75, 3.05) is 26.7 Å². The third-order valence-corrected chi connectivity index (χ3v) is 4.66. The summed E-state index contributed by atoms with van der Waals surface area (Å²) in [5, 5.41) is 0.190. The lowest BCUT2D eigenvalue weighted by Crippen LogP contribution is -2.39. The van der Waals surface area contributed by atoms with Crippen molar-refractivity contribution in [3.05, 3.63) is 23.2 Å². The van der Waals surface area contributed by atoms with Crippen molar-refractivity contribution >= 4 is 27.5 Å². The number of benzene rings is 1. The number of carbonyl (C=O) groups excluding carboxylic acids is 1. The third kappa shape index (κ3) is 4.59. The van der Waals surface area contributed by atoms with Crippen LogP contribution in [0.2, 0.25) is 5.02 Å². The van der Waals surface area contributed by atoms with Crippen LogP contribution < -0.4 is 9.46 Å². The number of hydrogen-bond acceptors (Lipinski definition) is 4. The Balaban J connectivity index is 2.83.